The monoisotopic (exact) mass is 1120 g/mol. The molecule has 0 aliphatic rings. The number of rotatable bonds is 27. The third kappa shape index (κ3) is 18.6. The number of carboxylic acids is 2. The van der Waals surface area contributed by atoms with Gasteiger partial charge in [0.25, 0.3) is 20.2 Å². The molecule has 4 rings (SSSR count). The third-order valence-corrected chi connectivity index (χ3v) is 15.8. The fourth-order valence-corrected chi connectivity index (χ4v) is 10.4. The van der Waals surface area contributed by atoms with E-state index in [2.05, 4.69) is 21.3 Å². The molecular formula is C42H48N6O18S6. The van der Waals surface area contributed by atoms with E-state index in [1.165, 1.54) is 72.8 Å². The number of aliphatic carboxylic acids is 2. The highest BCUT2D eigenvalue weighted by Gasteiger charge is 2.31. The minimum absolute atomic E-state index is 0.00401. The van der Waals surface area contributed by atoms with Gasteiger partial charge in [0.05, 0.1) is 31.7 Å². The molecular weight excluding hydrogens is 1070 g/mol. The van der Waals surface area contributed by atoms with Gasteiger partial charge >= 0.3 is 11.9 Å². The molecule has 0 aliphatic carbocycles. The van der Waals surface area contributed by atoms with Gasteiger partial charge in [-0.05, 0) is 83.6 Å². The second-order valence-corrected chi connectivity index (χ2v) is 23.1. The number of nitrogens with one attached hydrogen (secondary N) is 4. The largest absolute Gasteiger partial charge is 0.480 e. The molecule has 4 aromatic carbocycles. The van der Waals surface area contributed by atoms with Gasteiger partial charge in [-0.3, -0.25) is 28.3 Å². The van der Waals surface area contributed by atoms with Crippen LogP contribution < -0.4 is 32.7 Å². The Balaban J connectivity index is 1.56. The molecule has 4 aromatic rings. The Morgan fingerprint density at radius 3 is 0.972 bits per heavy atom. The molecule has 0 saturated heterocycles. The lowest BCUT2D eigenvalue weighted by atomic mass is 10.0. The fourth-order valence-electron chi connectivity index (χ4n) is 6.37. The van der Waals surface area contributed by atoms with Crippen molar-refractivity contribution >= 4 is 98.8 Å². The Kier molecular flexibility index (Phi) is 21.7. The summed E-state index contributed by atoms with van der Waals surface area (Å²) in [7, 11) is -13.3. The number of carbonyl (C=O) groups is 6. The van der Waals surface area contributed by atoms with Crippen LogP contribution in [0, 0.1) is 0 Å². The molecule has 0 fully saturated rings. The first-order valence-corrected chi connectivity index (χ1v) is 28.5. The standard InChI is InChI=1S/C42H48N6O18S6/c43-31(17-23-1-9-27(10-2-23)69(57)58)37(49)47-35(39(51)45-33(41(53)54)19-25-3-11-28(12-4-25)70(59)60)21-67-68-22-36(48-38(50)32(44)18-24-5-13-29(14-6-24)71(61,62)63)40(52)46-34(42(55)56)20-26-7-15-30(16-8-26)72(64,65)66/h1-16,31-36,69-70H,17-22,43-44H2,(H,45,51)(H,46,52)(H,47,49)(H,48,50)(H,53,54)(H,55,56)(H,61,62,63)(H,64,65,66). The zero-order valence-corrected chi connectivity index (χ0v) is 42.2. The van der Waals surface area contributed by atoms with E-state index in [1.807, 2.05) is 0 Å². The normalized spacial score (nSPS) is 14.2. The minimum atomic E-state index is -4.59. The molecule has 0 heterocycles. The van der Waals surface area contributed by atoms with E-state index in [9.17, 15) is 81.8 Å². The van der Waals surface area contributed by atoms with Crippen molar-refractivity contribution in [1.82, 2.24) is 21.3 Å². The van der Waals surface area contributed by atoms with E-state index < -0.39 is 130 Å². The molecule has 12 N–H and O–H groups in total. The van der Waals surface area contributed by atoms with Crippen LogP contribution in [0.3, 0.4) is 0 Å². The maximum atomic E-state index is 13.8. The highest BCUT2D eigenvalue weighted by atomic mass is 33.1. The molecule has 0 radical (unpaired) electrons. The number of carboxylic acid groups (broad SMARTS) is 2. The van der Waals surface area contributed by atoms with Gasteiger partial charge in [0, 0.05) is 24.3 Å². The summed E-state index contributed by atoms with van der Waals surface area (Å²) >= 11 is 0. The Bertz CT molecular complexity index is 2980. The van der Waals surface area contributed by atoms with Crippen molar-refractivity contribution in [2.45, 2.75) is 81.5 Å². The highest BCUT2D eigenvalue weighted by Crippen LogP contribution is 2.24. The third-order valence-electron chi connectivity index (χ3n) is 10.2. The molecule has 30 heteroatoms. The molecule has 390 valence electrons. The zero-order valence-electron chi connectivity index (χ0n) is 37.1. The van der Waals surface area contributed by atoms with Gasteiger partial charge in [-0.1, -0.05) is 70.1 Å². The molecule has 0 spiro atoms. The number of thiol groups is 2. The van der Waals surface area contributed by atoms with Crippen LogP contribution in [0.5, 0.6) is 0 Å². The molecule has 24 nitrogen and oxygen atoms in total. The van der Waals surface area contributed by atoms with Gasteiger partial charge < -0.3 is 42.9 Å². The molecule has 0 aromatic heterocycles. The number of hydrogen-bond acceptors (Lipinski definition) is 18. The quantitative estimate of drug-likeness (QED) is 0.0140. The van der Waals surface area contributed by atoms with E-state index in [-0.39, 0.29) is 46.1 Å². The molecule has 6 atom stereocenters. The molecule has 6 unspecified atom stereocenters. The maximum absolute atomic E-state index is 13.8. The van der Waals surface area contributed by atoms with Gasteiger partial charge in [-0.2, -0.15) is 16.8 Å². The summed E-state index contributed by atoms with van der Waals surface area (Å²) in [6.45, 7) is 0. The summed E-state index contributed by atoms with van der Waals surface area (Å²) in [5, 5.41) is 29.6. The van der Waals surface area contributed by atoms with E-state index in [1.54, 1.807) is 0 Å². The van der Waals surface area contributed by atoms with Gasteiger partial charge in [-0.25, -0.2) is 26.4 Å². The van der Waals surface area contributed by atoms with Gasteiger partial charge in [0.1, 0.15) is 24.2 Å². The van der Waals surface area contributed by atoms with Crippen molar-refractivity contribution in [2.24, 2.45) is 11.5 Å². The van der Waals surface area contributed by atoms with E-state index in [0.717, 1.165) is 45.9 Å². The molecule has 4 amide bonds. The van der Waals surface area contributed by atoms with E-state index in [4.69, 9.17) is 11.5 Å². The first kappa shape index (κ1) is 58.6. The SMILES string of the molecule is NC(Cc1ccc([SH](=O)=O)cc1)C(=O)NC(CSSCC(NC(=O)C(N)Cc1ccc(S(=O)(=O)O)cc1)C(=O)NC(Cc1ccc(S(=O)(=O)O)cc1)C(=O)O)C(=O)NC(Cc1ccc([SH](=O)=O)cc1)C(=O)O. The number of nitrogens with two attached hydrogens (primary N) is 2. The van der Waals surface area contributed by atoms with Crippen molar-refractivity contribution in [1.29, 1.82) is 0 Å². The van der Waals surface area contributed by atoms with Crippen LogP contribution in [0.25, 0.3) is 0 Å². The Labute approximate surface area is 423 Å². The van der Waals surface area contributed by atoms with Crippen molar-refractivity contribution in [3.05, 3.63) is 119 Å². The number of hydrogen-bond donors (Lipinski definition) is 12. The summed E-state index contributed by atoms with van der Waals surface area (Å²) < 4.78 is 110. The second kappa shape index (κ2) is 26.7. The summed E-state index contributed by atoms with van der Waals surface area (Å²) in [6.07, 6.45) is -1.10. The highest BCUT2D eigenvalue weighted by molar-refractivity contribution is 8.76. The minimum Gasteiger partial charge on any atom is -0.480 e. The fraction of sp³-hybridized carbons (Fsp3) is 0.286. The second-order valence-electron chi connectivity index (χ2n) is 15.6. The van der Waals surface area contributed by atoms with Crippen LogP contribution in [0.15, 0.2) is 117 Å². The van der Waals surface area contributed by atoms with Gasteiger partial charge in [0.2, 0.25) is 23.6 Å². The summed E-state index contributed by atoms with van der Waals surface area (Å²) in [5.74, 6) is -7.72. The van der Waals surface area contributed by atoms with Gasteiger partial charge in [0.15, 0.2) is 21.4 Å². The van der Waals surface area contributed by atoms with Gasteiger partial charge in [-0.15, -0.1) is 0 Å². The predicted molar refractivity (Wildman–Crippen MR) is 261 cm³/mol. The molecule has 0 saturated carbocycles. The van der Waals surface area contributed by atoms with E-state index >= 15 is 0 Å². The number of carbonyl (C=O) groups excluding carboxylic acids is 4. The average molecular weight is 1120 g/mol. The van der Waals surface area contributed by atoms with Crippen LogP contribution in [-0.4, -0.2) is 136 Å². The Morgan fingerprint density at radius 1 is 0.444 bits per heavy atom. The summed E-state index contributed by atoms with van der Waals surface area (Å²) in [4.78, 5) is 78.3. The average Bonchev–Trinajstić information content (AvgIpc) is 3.31. The maximum Gasteiger partial charge on any atom is 0.326 e. The topological polar surface area (TPSA) is 420 Å². The first-order valence-electron chi connectivity index (χ1n) is 20.7. The summed E-state index contributed by atoms with van der Waals surface area (Å²) in [6, 6.07) is 10.5. The Hall–Kier alpha value is -5.96. The van der Waals surface area contributed by atoms with Crippen LogP contribution in [0.2, 0.25) is 0 Å². The van der Waals surface area contributed by atoms with Crippen molar-refractivity contribution in [3.8, 4) is 0 Å². The van der Waals surface area contributed by atoms with Crippen molar-refractivity contribution in [2.75, 3.05) is 11.5 Å². The lowest BCUT2D eigenvalue weighted by Crippen LogP contribution is -2.56. The van der Waals surface area contributed by atoms with Crippen LogP contribution >= 0.6 is 21.6 Å². The lowest BCUT2D eigenvalue weighted by molar-refractivity contribution is -0.142. The van der Waals surface area contributed by atoms with Crippen molar-refractivity contribution < 1.29 is 81.8 Å². The number of benzene rings is 4. The van der Waals surface area contributed by atoms with E-state index in [0.29, 0.717) is 16.7 Å². The zero-order chi connectivity index (χ0) is 53.5. The lowest BCUT2D eigenvalue weighted by Gasteiger charge is -2.24. The smallest absolute Gasteiger partial charge is 0.326 e. The number of amides is 4. The molecule has 0 bridgehead atoms. The predicted octanol–water partition coefficient (Wildman–Crippen LogP) is -1.46. The Morgan fingerprint density at radius 2 is 0.708 bits per heavy atom. The first-order chi connectivity index (χ1) is 33.7. The van der Waals surface area contributed by atoms with Crippen LogP contribution in [0.4, 0.5) is 0 Å². The molecule has 72 heavy (non-hydrogen) atoms. The molecule has 0 aliphatic heterocycles. The van der Waals surface area contributed by atoms with Crippen LogP contribution in [0.1, 0.15) is 22.3 Å². The van der Waals surface area contributed by atoms with Crippen molar-refractivity contribution in [3.63, 3.8) is 0 Å². The van der Waals surface area contributed by atoms with Crippen LogP contribution in [-0.2, 0) is 96.1 Å². The summed E-state index contributed by atoms with van der Waals surface area (Å²) in [5.41, 5.74) is 13.6.